The molecule has 0 aliphatic rings. The summed E-state index contributed by atoms with van der Waals surface area (Å²) >= 11 is 0.458. The second-order valence-electron chi connectivity index (χ2n) is 3.92. The zero-order valence-corrected chi connectivity index (χ0v) is 9.85. The fourth-order valence-electron chi connectivity index (χ4n) is 0.831. The van der Waals surface area contributed by atoms with Crippen LogP contribution >= 0.6 is 11.3 Å². The average molecular weight is 255 g/mol. The number of alkyl halides is 3. The SMILES string of the molecule is CN(c1nnc(C(F)(F)F)s1)C(C)(C)CO. The number of anilines is 1. The van der Waals surface area contributed by atoms with Gasteiger partial charge in [-0.1, -0.05) is 11.3 Å². The summed E-state index contributed by atoms with van der Waals surface area (Å²) in [5.74, 6) is 0. The molecule has 0 bridgehead atoms. The van der Waals surface area contributed by atoms with Crippen molar-refractivity contribution in [3.63, 3.8) is 0 Å². The lowest BCUT2D eigenvalue weighted by atomic mass is 10.1. The maximum absolute atomic E-state index is 12.3. The topological polar surface area (TPSA) is 49.2 Å². The first-order valence-corrected chi connectivity index (χ1v) is 5.25. The van der Waals surface area contributed by atoms with Gasteiger partial charge in [-0.2, -0.15) is 13.2 Å². The molecular weight excluding hydrogens is 243 g/mol. The van der Waals surface area contributed by atoms with Gasteiger partial charge in [0.2, 0.25) is 10.1 Å². The van der Waals surface area contributed by atoms with Crippen molar-refractivity contribution >= 4 is 16.5 Å². The third-order valence-electron chi connectivity index (χ3n) is 2.24. The molecule has 0 fully saturated rings. The fraction of sp³-hybridized carbons (Fsp3) is 0.750. The van der Waals surface area contributed by atoms with Crippen LogP contribution in [0.3, 0.4) is 0 Å². The molecule has 1 aromatic rings. The van der Waals surface area contributed by atoms with Crippen molar-refractivity contribution in [1.82, 2.24) is 10.2 Å². The molecule has 0 aliphatic carbocycles. The van der Waals surface area contributed by atoms with E-state index in [1.165, 1.54) is 4.90 Å². The monoisotopic (exact) mass is 255 g/mol. The molecule has 0 saturated carbocycles. The van der Waals surface area contributed by atoms with E-state index >= 15 is 0 Å². The molecule has 0 spiro atoms. The van der Waals surface area contributed by atoms with Gasteiger partial charge in [-0.15, -0.1) is 10.2 Å². The highest BCUT2D eigenvalue weighted by atomic mass is 32.1. The summed E-state index contributed by atoms with van der Waals surface area (Å²) in [5, 5.41) is 14.8. The van der Waals surface area contributed by atoms with Crippen molar-refractivity contribution in [3.05, 3.63) is 5.01 Å². The Bertz CT molecular complexity index is 364. The van der Waals surface area contributed by atoms with Crippen molar-refractivity contribution in [2.45, 2.75) is 25.6 Å². The Kier molecular flexibility index (Phi) is 3.44. The van der Waals surface area contributed by atoms with E-state index in [4.69, 9.17) is 5.11 Å². The summed E-state index contributed by atoms with van der Waals surface area (Å²) in [6.45, 7) is 3.20. The standard InChI is InChI=1S/C8H12F3N3OS/c1-7(2,4-15)14(3)6-13-12-5(16-6)8(9,10)11/h15H,4H2,1-3H3. The lowest BCUT2D eigenvalue weighted by Crippen LogP contribution is -2.44. The molecule has 0 aliphatic heterocycles. The second-order valence-corrected chi connectivity index (χ2v) is 4.87. The van der Waals surface area contributed by atoms with Crippen LogP contribution in [0.2, 0.25) is 0 Å². The Hall–Kier alpha value is -0.890. The van der Waals surface area contributed by atoms with E-state index in [1.54, 1.807) is 20.9 Å². The van der Waals surface area contributed by atoms with Gasteiger partial charge in [-0.3, -0.25) is 0 Å². The summed E-state index contributed by atoms with van der Waals surface area (Å²) < 4.78 is 36.8. The van der Waals surface area contributed by atoms with E-state index in [9.17, 15) is 13.2 Å². The smallest absolute Gasteiger partial charge is 0.394 e. The molecule has 4 nitrogen and oxygen atoms in total. The highest BCUT2D eigenvalue weighted by molar-refractivity contribution is 7.15. The highest BCUT2D eigenvalue weighted by Gasteiger charge is 2.37. The quantitative estimate of drug-likeness (QED) is 0.894. The lowest BCUT2D eigenvalue weighted by molar-refractivity contribution is -0.138. The minimum atomic E-state index is -4.47. The van der Waals surface area contributed by atoms with Gasteiger partial charge in [0.05, 0.1) is 12.1 Å². The fourth-order valence-corrected chi connectivity index (χ4v) is 1.67. The van der Waals surface area contributed by atoms with Crippen LogP contribution in [-0.2, 0) is 6.18 Å². The number of rotatable bonds is 3. The summed E-state index contributed by atoms with van der Waals surface area (Å²) in [6, 6.07) is 0. The molecule has 0 amide bonds. The number of halogens is 3. The predicted molar refractivity (Wildman–Crippen MR) is 54.5 cm³/mol. The Labute approximate surface area is 94.7 Å². The minimum Gasteiger partial charge on any atom is -0.394 e. The summed E-state index contributed by atoms with van der Waals surface area (Å²) in [4.78, 5) is 1.47. The number of aliphatic hydroxyl groups is 1. The van der Waals surface area contributed by atoms with Crippen LogP contribution in [0.25, 0.3) is 0 Å². The first-order valence-electron chi connectivity index (χ1n) is 4.44. The average Bonchev–Trinajstić information content (AvgIpc) is 2.64. The zero-order valence-electron chi connectivity index (χ0n) is 9.04. The maximum atomic E-state index is 12.3. The van der Waals surface area contributed by atoms with Gasteiger partial charge in [0.15, 0.2) is 0 Å². The van der Waals surface area contributed by atoms with Crippen LogP contribution in [0.4, 0.5) is 18.3 Å². The minimum absolute atomic E-state index is 0.131. The molecule has 1 aromatic heterocycles. The molecule has 0 radical (unpaired) electrons. The molecular formula is C8H12F3N3OS. The van der Waals surface area contributed by atoms with Crippen LogP contribution in [-0.4, -0.2) is 34.5 Å². The largest absolute Gasteiger partial charge is 0.445 e. The Morgan fingerprint density at radius 3 is 2.25 bits per heavy atom. The van der Waals surface area contributed by atoms with Crippen LogP contribution in [0, 0.1) is 0 Å². The van der Waals surface area contributed by atoms with E-state index in [2.05, 4.69) is 10.2 Å². The summed E-state index contributed by atoms with van der Waals surface area (Å²) in [6.07, 6.45) is -4.47. The van der Waals surface area contributed by atoms with Crippen molar-refractivity contribution in [2.24, 2.45) is 0 Å². The lowest BCUT2D eigenvalue weighted by Gasteiger charge is -2.33. The van der Waals surface area contributed by atoms with Crippen LogP contribution in [0.5, 0.6) is 0 Å². The van der Waals surface area contributed by atoms with Gasteiger partial charge in [0.25, 0.3) is 0 Å². The van der Waals surface area contributed by atoms with Gasteiger partial charge < -0.3 is 10.0 Å². The van der Waals surface area contributed by atoms with Crippen molar-refractivity contribution < 1.29 is 18.3 Å². The van der Waals surface area contributed by atoms with Crippen LogP contribution in [0.15, 0.2) is 0 Å². The van der Waals surface area contributed by atoms with Crippen LogP contribution < -0.4 is 4.90 Å². The van der Waals surface area contributed by atoms with E-state index in [0.717, 1.165) is 0 Å². The van der Waals surface area contributed by atoms with Crippen molar-refractivity contribution in [3.8, 4) is 0 Å². The molecule has 1 heterocycles. The summed E-state index contributed by atoms with van der Waals surface area (Å²) in [5.41, 5.74) is -0.678. The molecule has 1 N–H and O–H groups in total. The Balaban J connectivity index is 2.95. The summed E-state index contributed by atoms with van der Waals surface area (Å²) in [7, 11) is 1.57. The third kappa shape index (κ3) is 2.62. The second kappa shape index (κ2) is 4.17. The zero-order chi connectivity index (χ0) is 12.6. The number of hydrogen-bond acceptors (Lipinski definition) is 5. The highest BCUT2D eigenvalue weighted by Crippen LogP contribution is 2.35. The Morgan fingerprint density at radius 2 is 1.88 bits per heavy atom. The first-order chi connectivity index (χ1) is 7.18. The van der Waals surface area contributed by atoms with E-state index in [0.29, 0.717) is 11.3 Å². The maximum Gasteiger partial charge on any atom is 0.445 e. The molecule has 0 aromatic carbocycles. The predicted octanol–water partition coefficient (Wildman–Crippen LogP) is 1.76. The van der Waals surface area contributed by atoms with Crippen LogP contribution in [0.1, 0.15) is 18.9 Å². The normalized spacial score (nSPS) is 12.9. The van der Waals surface area contributed by atoms with Gasteiger partial charge in [-0.25, -0.2) is 0 Å². The third-order valence-corrected chi connectivity index (χ3v) is 3.28. The van der Waals surface area contributed by atoms with E-state index < -0.39 is 16.7 Å². The molecule has 16 heavy (non-hydrogen) atoms. The first kappa shape index (κ1) is 13.2. The van der Waals surface area contributed by atoms with E-state index in [-0.39, 0.29) is 11.7 Å². The number of aromatic nitrogens is 2. The molecule has 0 unspecified atom stereocenters. The molecule has 92 valence electrons. The molecule has 0 atom stereocenters. The van der Waals surface area contributed by atoms with Gasteiger partial charge in [-0.05, 0) is 13.8 Å². The number of aliphatic hydroxyl groups excluding tert-OH is 1. The van der Waals surface area contributed by atoms with Crippen molar-refractivity contribution in [2.75, 3.05) is 18.6 Å². The number of nitrogens with zero attached hydrogens (tertiary/aromatic N) is 3. The van der Waals surface area contributed by atoms with Gasteiger partial charge in [0.1, 0.15) is 0 Å². The Morgan fingerprint density at radius 1 is 1.31 bits per heavy atom. The van der Waals surface area contributed by atoms with Gasteiger partial charge >= 0.3 is 6.18 Å². The number of likely N-dealkylation sites (N-methyl/N-ethyl adjacent to an activating group) is 1. The molecule has 1 rings (SSSR count). The molecule has 8 heteroatoms. The number of hydrogen-bond donors (Lipinski definition) is 1. The molecule has 0 saturated heterocycles. The van der Waals surface area contributed by atoms with Gasteiger partial charge in [0, 0.05) is 7.05 Å². The van der Waals surface area contributed by atoms with E-state index in [1.807, 2.05) is 0 Å². The van der Waals surface area contributed by atoms with Crippen molar-refractivity contribution in [1.29, 1.82) is 0 Å².